The van der Waals surface area contributed by atoms with Gasteiger partial charge >= 0.3 is 0 Å². The van der Waals surface area contributed by atoms with Crippen LogP contribution < -0.4 is 9.62 Å². The molecule has 0 fully saturated rings. The highest BCUT2D eigenvalue weighted by Crippen LogP contribution is 2.31. The molecular weight excluding hydrogens is 521 g/mol. The Morgan fingerprint density at radius 2 is 1.78 bits per heavy atom. The molecule has 7 nitrogen and oxygen atoms in total. The van der Waals surface area contributed by atoms with Crippen LogP contribution in [0.3, 0.4) is 0 Å². The third kappa shape index (κ3) is 8.68. The lowest BCUT2D eigenvalue weighted by atomic mass is 10.1. The van der Waals surface area contributed by atoms with Crippen molar-refractivity contribution in [3.63, 3.8) is 0 Å². The fourth-order valence-corrected chi connectivity index (χ4v) is 5.12. The van der Waals surface area contributed by atoms with E-state index in [4.69, 9.17) is 23.2 Å². The van der Waals surface area contributed by atoms with E-state index in [0.29, 0.717) is 5.02 Å². The highest BCUT2D eigenvalue weighted by Gasteiger charge is 2.27. The maximum atomic E-state index is 13.4. The molecule has 36 heavy (non-hydrogen) atoms. The van der Waals surface area contributed by atoms with Gasteiger partial charge in [-0.3, -0.25) is 13.9 Å². The first-order valence-electron chi connectivity index (χ1n) is 11.9. The number of halogens is 2. The summed E-state index contributed by atoms with van der Waals surface area (Å²) in [6.45, 7) is 7.88. The normalized spacial score (nSPS) is 13.1. The van der Waals surface area contributed by atoms with Gasteiger partial charge in [0.05, 0.1) is 17.0 Å². The largest absolute Gasteiger partial charge is 0.352 e. The minimum Gasteiger partial charge on any atom is -0.352 e. The van der Waals surface area contributed by atoms with E-state index in [2.05, 4.69) is 5.32 Å². The number of nitrogens with zero attached hydrogens (tertiary/aromatic N) is 2. The number of hydrogen-bond donors (Lipinski definition) is 1. The van der Waals surface area contributed by atoms with Gasteiger partial charge in [0.1, 0.15) is 6.04 Å². The molecule has 0 saturated carbocycles. The van der Waals surface area contributed by atoms with Crippen LogP contribution in [0.2, 0.25) is 10.0 Å². The molecule has 0 aliphatic rings. The summed E-state index contributed by atoms with van der Waals surface area (Å²) in [5, 5.41) is 3.54. The van der Waals surface area contributed by atoms with E-state index in [0.717, 1.165) is 28.1 Å². The van der Waals surface area contributed by atoms with Crippen molar-refractivity contribution < 1.29 is 18.0 Å². The van der Waals surface area contributed by atoms with Crippen LogP contribution >= 0.6 is 23.2 Å². The predicted octanol–water partition coefficient (Wildman–Crippen LogP) is 5.18. The van der Waals surface area contributed by atoms with Crippen molar-refractivity contribution in [2.45, 2.75) is 65.6 Å². The molecule has 0 aliphatic heterocycles. The third-order valence-electron chi connectivity index (χ3n) is 5.93. The number of amides is 2. The summed E-state index contributed by atoms with van der Waals surface area (Å²) in [5.74, 6) is -0.470. The number of hydrogen-bond acceptors (Lipinski definition) is 4. The zero-order valence-electron chi connectivity index (χ0n) is 21.4. The van der Waals surface area contributed by atoms with Gasteiger partial charge in [0.25, 0.3) is 0 Å². The van der Waals surface area contributed by atoms with E-state index in [1.54, 1.807) is 17.9 Å². The number of nitrogens with one attached hydrogen (secondary N) is 1. The molecule has 0 unspecified atom stereocenters. The van der Waals surface area contributed by atoms with Gasteiger partial charge in [0, 0.05) is 30.6 Å². The Morgan fingerprint density at radius 1 is 1.08 bits per heavy atom. The number of rotatable bonds is 12. The fraction of sp³-hybridized carbons (Fsp3) is 0.462. The Kier molecular flexibility index (Phi) is 11.1. The topological polar surface area (TPSA) is 86.8 Å². The minimum absolute atomic E-state index is 0.0124. The van der Waals surface area contributed by atoms with E-state index >= 15 is 0 Å². The van der Waals surface area contributed by atoms with Gasteiger partial charge in [-0.25, -0.2) is 8.42 Å². The van der Waals surface area contributed by atoms with Gasteiger partial charge in [0.2, 0.25) is 21.8 Å². The number of aryl methyl sites for hydroxylation is 1. The number of benzene rings is 2. The average molecular weight is 557 g/mol. The number of sulfonamides is 1. The van der Waals surface area contributed by atoms with E-state index in [-0.39, 0.29) is 54.5 Å². The van der Waals surface area contributed by atoms with Crippen molar-refractivity contribution in [3.05, 3.63) is 63.6 Å². The van der Waals surface area contributed by atoms with Crippen LogP contribution in [0, 0.1) is 6.92 Å². The van der Waals surface area contributed by atoms with Crippen LogP contribution in [-0.2, 0) is 26.2 Å². The van der Waals surface area contributed by atoms with Crippen molar-refractivity contribution >= 4 is 50.7 Å². The highest BCUT2D eigenvalue weighted by molar-refractivity contribution is 7.92. The summed E-state index contributed by atoms with van der Waals surface area (Å²) in [6.07, 6.45) is 2.14. The van der Waals surface area contributed by atoms with Gasteiger partial charge in [-0.05, 0) is 57.4 Å². The van der Waals surface area contributed by atoms with Crippen LogP contribution in [0.1, 0.15) is 51.2 Å². The predicted molar refractivity (Wildman–Crippen MR) is 147 cm³/mol. The molecule has 0 aromatic heterocycles. The van der Waals surface area contributed by atoms with Crippen LogP contribution in [0.25, 0.3) is 0 Å². The summed E-state index contributed by atoms with van der Waals surface area (Å²) >= 11 is 12.3. The summed E-state index contributed by atoms with van der Waals surface area (Å²) in [7, 11) is -3.67. The first-order valence-corrected chi connectivity index (χ1v) is 14.5. The maximum Gasteiger partial charge on any atom is 0.242 e. The molecule has 1 N–H and O–H groups in total. The van der Waals surface area contributed by atoms with Crippen molar-refractivity contribution in [2.75, 3.05) is 17.1 Å². The second kappa shape index (κ2) is 13.3. The third-order valence-corrected chi connectivity index (χ3v) is 7.67. The average Bonchev–Trinajstić information content (AvgIpc) is 2.80. The summed E-state index contributed by atoms with van der Waals surface area (Å²) in [5.41, 5.74) is 2.23. The Morgan fingerprint density at radius 3 is 2.39 bits per heavy atom. The van der Waals surface area contributed by atoms with E-state index in [1.165, 1.54) is 12.1 Å². The van der Waals surface area contributed by atoms with Crippen molar-refractivity contribution in [3.8, 4) is 0 Å². The summed E-state index contributed by atoms with van der Waals surface area (Å²) in [4.78, 5) is 27.8. The molecule has 198 valence electrons. The molecule has 2 aromatic rings. The van der Waals surface area contributed by atoms with E-state index < -0.39 is 16.1 Å². The van der Waals surface area contributed by atoms with Crippen molar-refractivity contribution in [1.82, 2.24) is 10.2 Å². The molecule has 0 aliphatic carbocycles. The first-order chi connectivity index (χ1) is 16.8. The summed E-state index contributed by atoms with van der Waals surface area (Å²) < 4.78 is 26.1. The molecule has 0 saturated heterocycles. The molecule has 10 heteroatoms. The highest BCUT2D eigenvalue weighted by atomic mass is 35.5. The van der Waals surface area contributed by atoms with Crippen LogP contribution in [0.15, 0.2) is 42.5 Å². The Labute approximate surface area is 224 Å². The zero-order chi connectivity index (χ0) is 27.0. The second-order valence-corrected chi connectivity index (χ2v) is 11.8. The van der Waals surface area contributed by atoms with Gasteiger partial charge in [-0.1, -0.05) is 60.0 Å². The van der Waals surface area contributed by atoms with E-state index in [1.807, 2.05) is 45.0 Å². The molecule has 0 bridgehead atoms. The smallest absolute Gasteiger partial charge is 0.242 e. The Hall–Kier alpha value is -2.29. The Balaban J connectivity index is 2.21. The molecule has 2 amide bonds. The molecule has 0 spiro atoms. The standard InChI is InChI=1S/C26H35Cl2N3O4S/c1-6-19(3)29-26(33)20(4)30(17-21-10-7-9-18(2)15-21)25(32)11-8-14-31(36(5,34)35)24-16-22(27)12-13-23(24)28/h7,9-10,12-13,15-16,19-20H,6,8,11,14,17H2,1-5H3,(H,29,33)/t19-,20+/m0/s1. The zero-order valence-corrected chi connectivity index (χ0v) is 23.8. The fourth-order valence-electron chi connectivity index (χ4n) is 3.71. The maximum absolute atomic E-state index is 13.4. The number of carbonyl (C=O) groups is 2. The van der Waals surface area contributed by atoms with Gasteiger partial charge in [0.15, 0.2) is 0 Å². The monoisotopic (exact) mass is 555 g/mol. The van der Waals surface area contributed by atoms with Gasteiger partial charge in [-0.2, -0.15) is 0 Å². The molecule has 2 atom stereocenters. The Bertz CT molecular complexity index is 1170. The minimum atomic E-state index is -3.67. The van der Waals surface area contributed by atoms with Gasteiger partial charge in [-0.15, -0.1) is 0 Å². The lowest BCUT2D eigenvalue weighted by Crippen LogP contribution is -2.49. The second-order valence-electron chi connectivity index (χ2n) is 9.04. The molecule has 2 rings (SSSR count). The lowest BCUT2D eigenvalue weighted by molar-refractivity contribution is -0.140. The van der Waals surface area contributed by atoms with Crippen molar-refractivity contribution in [1.29, 1.82) is 0 Å². The lowest BCUT2D eigenvalue weighted by Gasteiger charge is -2.30. The van der Waals surface area contributed by atoms with Crippen LogP contribution in [-0.4, -0.2) is 50.0 Å². The SMILES string of the molecule is CC[C@H](C)NC(=O)[C@@H](C)N(Cc1cccc(C)c1)C(=O)CCCN(c1cc(Cl)ccc1Cl)S(C)(=O)=O. The van der Waals surface area contributed by atoms with E-state index in [9.17, 15) is 18.0 Å². The number of anilines is 1. The number of carbonyl (C=O) groups excluding carboxylic acids is 2. The molecule has 0 radical (unpaired) electrons. The van der Waals surface area contributed by atoms with Crippen LogP contribution in [0.5, 0.6) is 0 Å². The van der Waals surface area contributed by atoms with Gasteiger partial charge < -0.3 is 10.2 Å². The van der Waals surface area contributed by atoms with Crippen LogP contribution in [0.4, 0.5) is 5.69 Å². The quantitative estimate of drug-likeness (QED) is 0.391. The molecular formula is C26H35Cl2N3O4S. The van der Waals surface area contributed by atoms with Crippen molar-refractivity contribution in [2.24, 2.45) is 0 Å². The first kappa shape index (κ1) is 29.9. The summed E-state index contributed by atoms with van der Waals surface area (Å²) in [6, 6.07) is 11.7. The molecule has 0 heterocycles. The molecule has 2 aromatic carbocycles.